The van der Waals surface area contributed by atoms with Gasteiger partial charge in [0.25, 0.3) is 0 Å². The second-order valence-electron chi connectivity index (χ2n) is 5.63. The summed E-state index contributed by atoms with van der Waals surface area (Å²) in [6.45, 7) is 2.77. The van der Waals surface area contributed by atoms with Crippen molar-refractivity contribution < 1.29 is 13.9 Å². The average molecular weight is 293 g/mol. The quantitative estimate of drug-likeness (QED) is 0.605. The Hall–Kier alpha value is -1.42. The molecule has 1 aliphatic carbocycles. The van der Waals surface area contributed by atoms with Crippen LogP contribution in [0.25, 0.3) is 0 Å². The van der Waals surface area contributed by atoms with Gasteiger partial charge in [-0.3, -0.25) is 4.79 Å². The first-order chi connectivity index (χ1) is 10.2. The molecule has 0 aromatic heterocycles. The molecule has 3 nitrogen and oxygen atoms in total. The summed E-state index contributed by atoms with van der Waals surface area (Å²) in [5, 5.41) is 3.13. The minimum Gasteiger partial charge on any atom is -0.384 e. The van der Waals surface area contributed by atoms with Gasteiger partial charge in [0.05, 0.1) is 11.7 Å². The molecule has 0 aliphatic heterocycles. The molecule has 0 bridgehead atoms. The first-order valence-electron chi connectivity index (χ1n) is 7.83. The third-order valence-electron chi connectivity index (χ3n) is 3.91. The number of hydrogen-bond acceptors (Lipinski definition) is 3. The molecule has 0 unspecified atom stereocenters. The van der Waals surface area contributed by atoms with Crippen LogP contribution in [0.2, 0.25) is 0 Å². The van der Waals surface area contributed by atoms with Gasteiger partial charge in [0, 0.05) is 18.8 Å². The van der Waals surface area contributed by atoms with Gasteiger partial charge >= 0.3 is 0 Å². The fourth-order valence-corrected chi connectivity index (χ4v) is 2.81. The Morgan fingerprint density at radius 2 is 2.10 bits per heavy atom. The standard InChI is InChI=1S/C17H24FNO2/c1-13(20)17-15(18)9-5-10-16(17)19-11-6-12-21-14-7-3-2-4-8-14/h5,9-10,14,19H,2-4,6-8,11-12H2,1H3. The van der Waals surface area contributed by atoms with E-state index in [2.05, 4.69) is 5.32 Å². The number of nitrogens with one attached hydrogen (secondary N) is 1. The van der Waals surface area contributed by atoms with Gasteiger partial charge in [0.1, 0.15) is 5.82 Å². The van der Waals surface area contributed by atoms with Crippen molar-refractivity contribution in [1.29, 1.82) is 0 Å². The van der Waals surface area contributed by atoms with Gasteiger partial charge in [0.2, 0.25) is 0 Å². The smallest absolute Gasteiger partial charge is 0.164 e. The molecular formula is C17H24FNO2. The summed E-state index contributed by atoms with van der Waals surface area (Å²) < 4.78 is 19.5. The minimum absolute atomic E-state index is 0.144. The number of ketones is 1. The maximum atomic E-state index is 13.6. The van der Waals surface area contributed by atoms with E-state index in [4.69, 9.17) is 4.74 Å². The van der Waals surface area contributed by atoms with Crippen molar-refractivity contribution in [3.8, 4) is 0 Å². The topological polar surface area (TPSA) is 38.3 Å². The first-order valence-corrected chi connectivity index (χ1v) is 7.83. The summed E-state index contributed by atoms with van der Waals surface area (Å²) in [6, 6.07) is 4.67. The van der Waals surface area contributed by atoms with E-state index in [1.54, 1.807) is 12.1 Å². The normalized spacial score (nSPS) is 15.9. The number of hydrogen-bond donors (Lipinski definition) is 1. The summed E-state index contributed by atoms with van der Waals surface area (Å²) in [5.74, 6) is -0.722. The Balaban J connectivity index is 1.73. The van der Waals surface area contributed by atoms with Crippen LogP contribution in [-0.2, 0) is 4.74 Å². The maximum absolute atomic E-state index is 13.6. The highest BCUT2D eigenvalue weighted by Crippen LogP contribution is 2.21. The monoisotopic (exact) mass is 293 g/mol. The van der Waals surface area contributed by atoms with Crippen LogP contribution in [0, 0.1) is 5.82 Å². The summed E-state index contributed by atoms with van der Waals surface area (Å²) in [5.41, 5.74) is 0.714. The number of ether oxygens (including phenoxy) is 1. The van der Waals surface area contributed by atoms with Crippen LogP contribution in [-0.4, -0.2) is 25.0 Å². The van der Waals surface area contributed by atoms with E-state index in [0.29, 0.717) is 24.9 Å². The Labute approximate surface area is 125 Å². The fraction of sp³-hybridized carbons (Fsp3) is 0.588. The molecule has 0 saturated heterocycles. The number of rotatable bonds is 7. The van der Waals surface area contributed by atoms with Crippen LogP contribution in [0.4, 0.5) is 10.1 Å². The Kier molecular flexibility index (Phi) is 6.18. The molecule has 0 amide bonds. The molecule has 1 N–H and O–H groups in total. The maximum Gasteiger partial charge on any atom is 0.164 e. The van der Waals surface area contributed by atoms with Crippen LogP contribution in [0.1, 0.15) is 55.8 Å². The van der Waals surface area contributed by atoms with Gasteiger partial charge in [-0.1, -0.05) is 25.3 Å². The summed E-state index contributed by atoms with van der Waals surface area (Å²) >= 11 is 0. The van der Waals surface area contributed by atoms with Gasteiger partial charge in [-0.15, -0.1) is 0 Å². The molecule has 1 aliphatic rings. The second-order valence-corrected chi connectivity index (χ2v) is 5.63. The lowest BCUT2D eigenvalue weighted by Gasteiger charge is -2.22. The molecule has 0 atom stereocenters. The van der Waals surface area contributed by atoms with Crippen molar-refractivity contribution in [2.75, 3.05) is 18.5 Å². The highest BCUT2D eigenvalue weighted by molar-refractivity contribution is 5.99. The molecule has 2 rings (SSSR count). The van der Waals surface area contributed by atoms with Crippen molar-refractivity contribution in [2.45, 2.75) is 51.6 Å². The van der Waals surface area contributed by atoms with Crippen molar-refractivity contribution in [3.05, 3.63) is 29.6 Å². The zero-order chi connectivity index (χ0) is 15.1. The van der Waals surface area contributed by atoms with Crippen LogP contribution in [0.15, 0.2) is 18.2 Å². The third-order valence-corrected chi connectivity index (χ3v) is 3.91. The summed E-state index contributed by atoms with van der Waals surface area (Å²) in [4.78, 5) is 11.5. The van der Waals surface area contributed by atoms with Crippen LogP contribution >= 0.6 is 0 Å². The van der Waals surface area contributed by atoms with Crippen molar-refractivity contribution in [3.63, 3.8) is 0 Å². The average Bonchev–Trinajstić information content (AvgIpc) is 2.47. The lowest BCUT2D eigenvalue weighted by atomic mass is 9.98. The molecule has 4 heteroatoms. The number of Topliss-reactive ketones (excluding diaryl/α,β-unsaturated/α-hetero) is 1. The molecule has 1 saturated carbocycles. The Morgan fingerprint density at radius 1 is 1.33 bits per heavy atom. The second kappa shape index (κ2) is 8.13. The highest BCUT2D eigenvalue weighted by atomic mass is 19.1. The van der Waals surface area contributed by atoms with Crippen molar-refractivity contribution in [2.24, 2.45) is 0 Å². The van der Waals surface area contributed by atoms with Gasteiger partial charge < -0.3 is 10.1 Å². The lowest BCUT2D eigenvalue weighted by Crippen LogP contribution is -2.18. The number of benzene rings is 1. The van der Waals surface area contributed by atoms with E-state index < -0.39 is 5.82 Å². The molecular weight excluding hydrogens is 269 g/mol. The van der Waals surface area contributed by atoms with E-state index in [1.807, 2.05) is 0 Å². The Morgan fingerprint density at radius 3 is 2.81 bits per heavy atom. The Bertz CT molecular complexity index is 470. The summed E-state index contributed by atoms with van der Waals surface area (Å²) in [7, 11) is 0. The number of carbonyl (C=O) groups excluding carboxylic acids is 1. The van der Waals surface area contributed by atoms with E-state index in [1.165, 1.54) is 45.1 Å². The van der Waals surface area contributed by atoms with Gasteiger partial charge in [-0.05, 0) is 38.3 Å². The van der Waals surface area contributed by atoms with Gasteiger partial charge in [0.15, 0.2) is 5.78 Å². The van der Waals surface area contributed by atoms with E-state index in [9.17, 15) is 9.18 Å². The molecule has 1 aromatic rings. The lowest BCUT2D eigenvalue weighted by molar-refractivity contribution is 0.0284. The van der Waals surface area contributed by atoms with Crippen molar-refractivity contribution >= 4 is 11.5 Å². The zero-order valence-corrected chi connectivity index (χ0v) is 12.7. The van der Waals surface area contributed by atoms with Gasteiger partial charge in [-0.25, -0.2) is 4.39 Å². The molecule has 1 aromatic carbocycles. The van der Waals surface area contributed by atoms with Gasteiger partial charge in [-0.2, -0.15) is 0 Å². The fourth-order valence-electron chi connectivity index (χ4n) is 2.81. The molecule has 0 spiro atoms. The number of carbonyl (C=O) groups is 1. The van der Waals surface area contributed by atoms with E-state index in [-0.39, 0.29) is 11.3 Å². The van der Waals surface area contributed by atoms with Crippen LogP contribution in [0.5, 0.6) is 0 Å². The van der Waals surface area contributed by atoms with Crippen LogP contribution < -0.4 is 5.32 Å². The molecule has 116 valence electrons. The van der Waals surface area contributed by atoms with Crippen molar-refractivity contribution in [1.82, 2.24) is 0 Å². The molecule has 0 heterocycles. The largest absolute Gasteiger partial charge is 0.384 e. The third kappa shape index (κ3) is 4.81. The number of anilines is 1. The SMILES string of the molecule is CC(=O)c1c(F)cccc1NCCCOC1CCCCC1. The predicted molar refractivity (Wildman–Crippen MR) is 82.3 cm³/mol. The first kappa shape index (κ1) is 16.0. The number of halogens is 1. The van der Waals surface area contributed by atoms with E-state index in [0.717, 1.165) is 6.42 Å². The van der Waals surface area contributed by atoms with Crippen LogP contribution in [0.3, 0.4) is 0 Å². The zero-order valence-electron chi connectivity index (χ0n) is 12.7. The molecule has 0 radical (unpaired) electrons. The minimum atomic E-state index is -0.467. The molecule has 21 heavy (non-hydrogen) atoms. The predicted octanol–water partition coefficient (Wildman–Crippen LogP) is 4.18. The van der Waals surface area contributed by atoms with E-state index >= 15 is 0 Å². The molecule has 1 fully saturated rings. The highest BCUT2D eigenvalue weighted by Gasteiger charge is 2.14. The summed E-state index contributed by atoms with van der Waals surface area (Å²) in [6.07, 6.45) is 7.49.